The molecular formula is C31H32F3N5O2. The number of pyridine rings is 1. The summed E-state index contributed by atoms with van der Waals surface area (Å²) in [5.74, 6) is 0.935. The largest absolute Gasteiger partial charge is 0.416 e. The first-order valence-electron chi connectivity index (χ1n) is 14.1. The van der Waals surface area contributed by atoms with E-state index in [9.17, 15) is 22.8 Å². The topological polar surface area (TPSA) is 90.1 Å². The summed E-state index contributed by atoms with van der Waals surface area (Å²) in [5, 5.41) is 7.87. The quantitative estimate of drug-likeness (QED) is 0.241. The number of fused-ring (bicyclic) bond motifs is 3. The van der Waals surface area contributed by atoms with Crippen LogP contribution in [-0.4, -0.2) is 46.3 Å². The molecule has 0 spiro atoms. The Bertz CT molecular complexity index is 1570. The number of benzene rings is 2. The van der Waals surface area contributed by atoms with Gasteiger partial charge in [-0.2, -0.15) is 13.2 Å². The Kier molecular flexibility index (Phi) is 7.42. The van der Waals surface area contributed by atoms with Gasteiger partial charge < -0.3 is 15.6 Å². The van der Waals surface area contributed by atoms with Crippen LogP contribution < -0.4 is 10.6 Å². The highest BCUT2D eigenvalue weighted by molar-refractivity contribution is 6.13. The summed E-state index contributed by atoms with van der Waals surface area (Å²) in [6.45, 7) is 2.99. The Hall–Kier alpha value is -3.92. The van der Waals surface area contributed by atoms with Crippen LogP contribution in [0, 0.1) is 11.8 Å². The van der Waals surface area contributed by atoms with Crippen LogP contribution in [0.15, 0.2) is 54.7 Å². The average Bonchev–Trinajstić information content (AvgIpc) is 3.75. The van der Waals surface area contributed by atoms with E-state index >= 15 is 0 Å². The van der Waals surface area contributed by atoms with Gasteiger partial charge in [0.1, 0.15) is 0 Å². The van der Waals surface area contributed by atoms with Crippen molar-refractivity contribution >= 4 is 39.4 Å². The molecule has 3 heterocycles. The highest BCUT2D eigenvalue weighted by Gasteiger charge is 2.31. The van der Waals surface area contributed by atoms with E-state index in [1.165, 1.54) is 0 Å². The first kappa shape index (κ1) is 27.3. The van der Waals surface area contributed by atoms with Crippen LogP contribution in [0.3, 0.4) is 0 Å². The van der Waals surface area contributed by atoms with E-state index in [0.29, 0.717) is 30.4 Å². The molecule has 2 fully saturated rings. The van der Waals surface area contributed by atoms with Gasteiger partial charge in [0.15, 0.2) is 5.82 Å². The molecule has 41 heavy (non-hydrogen) atoms. The second-order valence-corrected chi connectivity index (χ2v) is 11.2. The Balaban J connectivity index is 0.995. The number of hydrogen-bond donors (Lipinski definition) is 3. The van der Waals surface area contributed by atoms with Crippen molar-refractivity contribution in [2.45, 2.75) is 44.8 Å². The number of anilines is 1. The minimum atomic E-state index is -4.31. The number of carbonyl (C=O) groups excluding carboxylic acids is 2. The van der Waals surface area contributed by atoms with Crippen LogP contribution in [0.4, 0.5) is 19.0 Å². The van der Waals surface area contributed by atoms with Crippen molar-refractivity contribution in [3.63, 3.8) is 0 Å². The molecule has 2 aromatic carbocycles. The Morgan fingerprint density at radius 2 is 1.73 bits per heavy atom. The van der Waals surface area contributed by atoms with Crippen LogP contribution in [0.1, 0.15) is 53.6 Å². The smallest absolute Gasteiger partial charge is 0.352 e. The monoisotopic (exact) mass is 563 g/mol. The molecule has 1 saturated carbocycles. The zero-order valence-electron chi connectivity index (χ0n) is 22.6. The predicted molar refractivity (Wildman–Crippen MR) is 151 cm³/mol. The molecule has 0 bridgehead atoms. The normalized spacial score (nSPS) is 16.8. The zero-order valence-corrected chi connectivity index (χ0v) is 22.6. The van der Waals surface area contributed by atoms with Crippen molar-refractivity contribution in [1.29, 1.82) is 0 Å². The molecule has 10 heteroatoms. The minimum absolute atomic E-state index is 0.00597. The molecule has 3 N–H and O–H groups in total. The van der Waals surface area contributed by atoms with E-state index in [1.54, 1.807) is 18.3 Å². The minimum Gasteiger partial charge on any atom is -0.352 e. The summed E-state index contributed by atoms with van der Waals surface area (Å²) in [6, 6.07) is 12.9. The molecule has 1 aliphatic heterocycles. The van der Waals surface area contributed by atoms with Crippen molar-refractivity contribution < 1.29 is 22.8 Å². The highest BCUT2D eigenvalue weighted by Crippen LogP contribution is 2.33. The average molecular weight is 564 g/mol. The van der Waals surface area contributed by atoms with Gasteiger partial charge in [-0.3, -0.25) is 14.5 Å². The molecule has 6 rings (SSSR count). The Labute approximate surface area is 235 Å². The third-order valence-corrected chi connectivity index (χ3v) is 8.21. The van der Waals surface area contributed by atoms with E-state index in [4.69, 9.17) is 0 Å². The number of piperidine rings is 1. The van der Waals surface area contributed by atoms with Crippen LogP contribution in [-0.2, 0) is 17.5 Å². The van der Waals surface area contributed by atoms with Crippen LogP contribution in [0.2, 0.25) is 0 Å². The van der Waals surface area contributed by atoms with Crippen molar-refractivity contribution in [1.82, 2.24) is 20.2 Å². The van der Waals surface area contributed by atoms with Crippen LogP contribution in [0.5, 0.6) is 0 Å². The number of likely N-dealkylation sites (tertiary alicyclic amines) is 1. The molecular weight excluding hydrogens is 531 g/mol. The summed E-state index contributed by atoms with van der Waals surface area (Å²) in [5.41, 5.74) is 2.38. The number of carbonyl (C=O) groups is 2. The van der Waals surface area contributed by atoms with Gasteiger partial charge in [0.05, 0.1) is 11.1 Å². The van der Waals surface area contributed by atoms with Crippen molar-refractivity contribution in [2.75, 3.05) is 25.0 Å². The lowest BCUT2D eigenvalue weighted by Gasteiger charge is -2.32. The molecule has 2 aliphatic rings. The molecule has 2 aromatic heterocycles. The molecule has 214 valence electrons. The molecule has 4 aromatic rings. The third kappa shape index (κ3) is 6.22. The number of aromatic nitrogens is 2. The molecule has 0 radical (unpaired) electrons. The Morgan fingerprint density at radius 1 is 0.976 bits per heavy atom. The maximum absolute atomic E-state index is 12.9. The van der Waals surface area contributed by atoms with Gasteiger partial charge in [-0.15, -0.1) is 0 Å². The van der Waals surface area contributed by atoms with Crippen LogP contribution in [0.25, 0.3) is 21.8 Å². The van der Waals surface area contributed by atoms with Crippen molar-refractivity contribution in [3.05, 3.63) is 71.4 Å². The van der Waals surface area contributed by atoms with Gasteiger partial charge >= 0.3 is 6.18 Å². The van der Waals surface area contributed by atoms with E-state index in [2.05, 4.69) is 25.5 Å². The van der Waals surface area contributed by atoms with Gasteiger partial charge in [0.2, 0.25) is 5.91 Å². The third-order valence-electron chi connectivity index (χ3n) is 8.21. The summed E-state index contributed by atoms with van der Waals surface area (Å²) in [6.07, 6.45) is 2.06. The predicted octanol–water partition coefficient (Wildman–Crippen LogP) is 6.12. The van der Waals surface area contributed by atoms with Gasteiger partial charge in [-0.1, -0.05) is 18.2 Å². The first-order chi connectivity index (χ1) is 19.7. The number of halogens is 3. The van der Waals surface area contributed by atoms with E-state index < -0.39 is 11.7 Å². The number of amides is 2. The van der Waals surface area contributed by atoms with Crippen LogP contribution >= 0.6 is 0 Å². The summed E-state index contributed by atoms with van der Waals surface area (Å²) < 4.78 is 38.4. The number of nitrogens with one attached hydrogen (secondary N) is 3. The SMILES string of the molecule is O=C(NCCC1CCN(Cc2ccc(C(F)(F)F)cc2)CC1)c1ccc2c(c1)[nH]c1c(NC(=O)C3CC3)nccc12. The first-order valence-corrected chi connectivity index (χ1v) is 14.1. The van der Waals surface area contributed by atoms with Gasteiger partial charge in [0.25, 0.3) is 5.91 Å². The van der Waals surface area contributed by atoms with E-state index in [-0.39, 0.29) is 17.7 Å². The lowest BCUT2D eigenvalue weighted by Crippen LogP contribution is -2.34. The van der Waals surface area contributed by atoms with Gasteiger partial charge in [0, 0.05) is 47.1 Å². The maximum atomic E-state index is 12.9. The summed E-state index contributed by atoms with van der Waals surface area (Å²) >= 11 is 0. The Morgan fingerprint density at radius 3 is 2.44 bits per heavy atom. The maximum Gasteiger partial charge on any atom is 0.416 e. The molecule has 0 unspecified atom stereocenters. The zero-order chi connectivity index (χ0) is 28.6. The van der Waals surface area contributed by atoms with E-state index in [1.807, 2.05) is 24.3 Å². The molecule has 0 atom stereocenters. The highest BCUT2D eigenvalue weighted by atomic mass is 19.4. The number of rotatable bonds is 8. The number of H-pyrrole nitrogens is 1. The molecule has 2 amide bonds. The second kappa shape index (κ2) is 11.2. The van der Waals surface area contributed by atoms with E-state index in [0.717, 1.165) is 84.7 Å². The van der Waals surface area contributed by atoms with Crippen molar-refractivity contribution in [2.24, 2.45) is 11.8 Å². The lowest BCUT2D eigenvalue weighted by molar-refractivity contribution is -0.137. The molecule has 1 saturated heterocycles. The number of hydrogen-bond acceptors (Lipinski definition) is 4. The lowest BCUT2D eigenvalue weighted by atomic mass is 9.93. The number of aromatic amines is 1. The fraction of sp³-hybridized carbons (Fsp3) is 0.387. The standard InChI is InChI=1S/C31H32F3N5O2/c32-31(33,34)23-6-1-20(2-7-23)18-39-15-11-19(12-16-39)9-13-36-29(40)22-5-8-24-25-10-14-35-28(27(25)37-26(24)17-22)38-30(41)21-3-4-21/h1-2,5-8,10,14,17,19,21,37H,3-4,9,11-13,15-16,18H2,(H,36,40)(H,35,38,41). The van der Waals surface area contributed by atoms with Gasteiger partial charge in [-0.25, -0.2) is 4.98 Å². The fourth-order valence-corrected chi connectivity index (χ4v) is 5.61. The number of nitrogens with zero attached hydrogens (tertiary/aromatic N) is 2. The fourth-order valence-electron chi connectivity index (χ4n) is 5.61. The molecule has 7 nitrogen and oxygen atoms in total. The number of alkyl halides is 3. The van der Waals surface area contributed by atoms with Crippen molar-refractivity contribution in [3.8, 4) is 0 Å². The van der Waals surface area contributed by atoms with Gasteiger partial charge in [-0.05, 0) is 87.0 Å². The summed E-state index contributed by atoms with van der Waals surface area (Å²) in [4.78, 5) is 35.1. The molecule has 1 aliphatic carbocycles. The second-order valence-electron chi connectivity index (χ2n) is 11.2. The summed E-state index contributed by atoms with van der Waals surface area (Å²) in [7, 11) is 0.